The summed E-state index contributed by atoms with van der Waals surface area (Å²) in [7, 11) is 0. The van der Waals surface area contributed by atoms with Crippen LogP contribution in [-0.2, 0) is 0 Å². The zero-order valence-electron chi connectivity index (χ0n) is 10.0. The van der Waals surface area contributed by atoms with E-state index in [2.05, 4.69) is 0 Å². The first kappa shape index (κ1) is 12.8. The van der Waals surface area contributed by atoms with Crippen LogP contribution in [0.1, 0.15) is 36.2 Å². The van der Waals surface area contributed by atoms with E-state index in [0.29, 0.717) is 6.42 Å². The van der Waals surface area contributed by atoms with Gasteiger partial charge in [0.25, 0.3) is 0 Å². The van der Waals surface area contributed by atoms with Crippen LogP contribution in [0.2, 0.25) is 0 Å². The molecule has 0 amide bonds. The Hall–Kier alpha value is -1.22. The van der Waals surface area contributed by atoms with E-state index in [1.54, 1.807) is 19.1 Å². The van der Waals surface area contributed by atoms with E-state index in [1.807, 2.05) is 13.8 Å². The van der Waals surface area contributed by atoms with Crippen LogP contribution in [0, 0.1) is 18.2 Å². The number of ketones is 1. The molecule has 1 aromatic rings. The fourth-order valence-electron chi connectivity index (χ4n) is 1.54. The monoisotopic (exact) mass is 223 g/mol. The largest absolute Gasteiger partial charge is 0.329 e. The summed E-state index contributed by atoms with van der Waals surface area (Å²) in [4.78, 5) is 12.2. The Kier molecular flexibility index (Phi) is 3.81. The van der Waals surface area contributed by atoms with Gasteiger partial charge in [0.1, 0.15) is 5.82 Å². The molecule has 0 heterocycles. The van der Waals surface area contributed by atoms with Crippen LogP contribution in [0.15, 0.2) is 18.2 Å². The van der Waals surface area contributed by atoms with Crippen molar-refractivity contribution in [2.75, 3.05) is 6.54 Å². The average Bonchev–Trinajstić information content (AvgIpc) is 2.30. The first-order valence-corrected chi connectivity index (χ1v) is 5.45. The molecule has 0 aromatic heterocycles. The van der Waals surface area contributed by atoms with Gasteiger partial charge in [0.05, 0.1) is 5.56 Å². The minimum Gasteiger partial charge on any atom is -0.329 e. The van der Waals surface area contributed by atoms with Gasteiger partial charge < -0.3 is 5.73 Å². The Morgan fingerprint density at radius 1 is 1.50 bits per heavy atom. The molecule has 0 bridgehead atoms. The fourth-order valence-corrected chi connectivity index (χ4v) is 1.54. The van der Waals surface area contributed by atoms with Gasteiger partial charge in [0.15, 0.2) is 5.78 Å². The van der Waals surface area contributed by atoms with Crippen molar-refractivity contribution < 1.29 is 9.18 Å². The zero-order chi connectivity index (χ0) is 12.3. The molecular weight excluding hydrogens is 205 g/mol. The molecule has 0 aliphatic heterocycles. The van der Waals surface area contributed by atoms with Gasteiger partial charge in [-0.3, -0.25) is 4.79 Å². The highest BCUT2D eigenvalue weighted by atomic mass is 19.1. The number of carbonyl (C=O) groups is 1. The van der Waals surface area contributed by atoms with Gasteiger partial charge in [-0.1, -0.05) is 25.5 Å². The quantitative estimate of drug-likeness (QED) is 0.797. The highest BCUT2D eigenvalue weighted by Crippen LogP contribution is 2.26. The predicted molar refractivity (Wildman–Crippen MR) is 62.9 cm³/mol. The molecule has 0 aliphatic rings. The molecule has 2 N–H and O–H groups in total. The number of carbonyl (C=O) groups excluding carboxylic acids is 1. The van der Waals surface area contributed by atoms with E-state index in [1.165, 1.54) is 6.07 Å². The molecule has 0 aliphatic carbocycles. The second kappa shape index (κ2) is 4.74. The molecule has 0 saturated heterocycles. The number of aryl methyl sites for hydroxylation is 1. The highest BCUT2D eigenvalue weighted by molar-refractivity contribution is 6.00. The number of halogens is 1. The molecule has 0 fully saturated rings. The topological polar surface area (TPSA) is 43.1 Å². The summed E-state index contributed by atoms with van der Waals surface area (Å²) in [5.41, 5.74) is 5.95. The lowest BCUT2D eigenvalue weighted by molar-refractivity contribution is 0.0815. The Bertz CT molecular complexity index is 397. The Balaban J connectivity index is 3.18. The minimum absolute atomic E-state index is 0.148. The summed E-state index contributed by atoms with van der Waals surface area (Å²) >= 11 is 0. The third-order valence-electron chi connectivity index (χ3n) is 3.15. The number of nitrogens with two attached hydrogens (primary N) is 1. The van der Waals surface area contributed by atoms with Crippen LogP contribution < -0.4 is 5.73 Å². The Labute approximate surface area is 95.7 Å². The van der Waals surface area contributed by atoms with Crippen LogP contribution in [0.4, 0.5) is 4.39 Å². The van der Waals surface area contributed by atoms with E-state index in [4.69, 9.17) is 5.73 Å². The normalized spacial score (nSPS) is 14.6. The number of hydrogen-bond acceptors (Lipinski definition) is 2. The maximum Gasteiger partial charge on any atom is 0.172 e. The van der Waals surface area contributed by atoms with Crippen LogP contribution in [-0.4, -0.2) is 12.3 Å². The highest BCUT2D eigenvalue weighted by Gasteiger charge is 2.32. The lowest BCUT2D eigenvalue weighted by atomic mass is 9.79. The standard InChI is InChI=1S/C13H18FNO/c1-4-13(3,8-15)12(16)10-7-9(2)5-6-11(10)14/h5-7H,4,8,15H2,1-3H3. The van der Waals surface area contributed by atoms with Gasteiger partial charge in [-0.15, -0.1) is 0 Å². The van der Waals surface area contributed by atoms with E-state index < -0.39 is 11.2 Å². The summed E-state index contributed by atoms with van der Waals surface area (Å²) in [5.74, 6) is -0.678. The summed E-state index contributed by atoms with van der Waals surface area (Å²) in [6, 6.07) is 4.56. The van der Waals surface area contributed by atoms with E-state index in [-0.39, 0.29) is 17.9 Å². The predicted octanol–water partition coefficient (Wildman–Crippen LogP) is 2.69. The lowest BCUT2D eigenvalue weighted by Crippen LogP contribution is -2.35. The van der Waals surface area contributed by atoms with Crippen molar-refractivity contribution in [3.63, 3.8) is 0 Å². The van der Waals surface area contributed by atoms with Crippen molar-refractivity contribution >= 4 is 5.78 Å². The number of rotatable bonds is 4. The van der Waals surface area contributed by atoms with Crippen molar-refractivity contribution in [2.24, 2.45) is 11.1 Å². The Morgan fingerprint density at radius 3 is 2.62 bits per heavy atom. The van der Waals surface area contributed by atoms with Crippen molar-refractivity contribution in [1.29, 1.82) is 0 Å². The fraction of sp³-hybridized carbons (Fsp3) is 0.462. The van der Waals surface area contributed by atoms with Gasteiger partial charge in [-0.05, 0) is 25.5 Å². The average molecular weight is 223 g/mol. The second-order valence-corrected chi connectivity index (χ2v) is 4.43. The van der Waals surface area contributed by atoms with Gasteiger partial charge in [0.2, 0.25) is 0 Å². The number of benzene rings is 1. The van der Waals surface area contributed by atoms with Crippen molar-refractivity contribution in [1.82, 2.24) is 0 Å². The smallest absolute Gasteiger partial charge is 0.172 e. The molecular formula is C13H18FNO. The van der Waals surface area contributed by atoms with Gasteiger partial charge >= 0.3 is 0 Å². The van der Waals surface area contributed by atoms with Crippen molar-refractivity contribution in [3.05, 3.63) is 35.1 Å². The molecule has 0 spiro atoms. The molecule has 0 radical (unpaired) electrons. The van der Waals surface area contributed by atoms with Crippen LogP contribution in [0.3, 0.4) is 0 Å². The summed E-state index contributed by atoms with van der Waals surface area (Å²) < 4.78 is 13.6. The lowest BCUT2D eigenvalue weighted by Gasteiger charge is -2.24. The SMILES string of the molecule is CCC(C)(CN)C(=O)c1cc(C)ccc1F. The van der Waals surface area contributed by atoms with Gasteiger partial charge in [-0.25, -0.2) is 4.39 Å². The Morgan fingerprint density at radius 2 is 2.12 bits per heavy atom. The second-order valence-electron chi connectivity index (χ2n) is 4.43. The molecule has 88 valence electrons. The summed E-state index contributed by atoms with van der Waals surface area (Å²) in [5, 5.41) is 0. The third kappa shape index (κ3) is 2.30. The van der Waals surface area contributed by atoms with Crippen LogP contribution in [0.5, 0.6) is 0 Å². The third-order valence-corrected chi connectivity index (χ3v) is 3.15. The van der Waals surface area contributed by atoms with Crippen LogP contribution in [0.25, 0.3) is 0 Å². The van der Waals surface area contributed by atoms with Crippen molar-refractivity contribution in [3.8, 4) is 0 Å². The maximum absolute atomic E-state index is 13.6. The maximum atomic E-state index is 13.6. The number of hydrogen-bond donors (Lipinski definition) is 1. The molecule has 1 atom stereocenters. The van der Waals surface area contributed by atoms with Crippen molar-refractivity contribution in [2.45, 2.75) is 27.2 Å². The molecule has 1 aromatic carbocycles. The summed E-state index contributed by atoms with van der Waals surface area (Å²) in [6.45, 7) is 5.73. The molecule has 2 nitrogen and oxygen atoms in total. The molecule has 1 rings (SSSR count). The zero-order valence-corrected chi connectivity index (χ0v) is 10.0. The van der Waals surface area contributed by atoms with Crippen LogP contribution >= 0.6 is 0 Å². The van der Waals surface area contributed by atoms with E-state index in [9.17, 15) is 9.18 Å². The van der Waals surface area contributed by atoms with Gasteiger partial charge in [-0.2, -0.15) is 0 Å². The molecule has 16 heavy (non-hydrogen) atoms. The van der Waals surface area contributed by atoms with Gasteiger partial charge in [0, 0.05) is 12.0 Å². The first-order chi connectivity index (χ1) is 7.44. The molecule has 1 unspecified atom stereocenters. The number of Topliss-reactive ketones (excluding diaryl/α,β-unsaturated/α-hetero) is 1. The first-order valence-electron chi connectivity index (χ1n) is 5.45. The van der Waals surface area contributed by atoms with E-state index in [0.717, 1.165) is 5.56 Å². The minimum atomic E-state index is -0.672. The van der Waals surface area contributed by atoms with E-state index >= 15 is 0 Å². The molecule has 0 saturated carbocycles. The summed E-state index contributed by atoms with van der Waals surface area (Å²) in [6.07, 6.45) is 0.607. The molecule has 3 heteroatoms.